The van der Waals surface area contributed by atoms with E-state index in [9.17, 15) is 4.79 Å². The monoisotopic (exact) mass is 232 g/mol. The molecule has 0 N–H and O–H groups in total. The van der Waals surface area contributed by atoms with Gasteiger partial charge in [0.05, 0.1) is 0 Å². The molecule has 1 aliphatic rings. The largest absolute Gasteiger partial charge is 0.381 e. The molecule has 0 aliphatic carbocycles. The van der Waals surface area contributed by atoms with E-state index in [-0.39, 0.29) is 5.78 Å². The second kappa shape index (κ2) is 5.46. The van der Waals surface area contributed by atoms with Crippen molar-refractivity contribution in [2.45, 2.75) is 32.6 Å². The highest BCUT2D eigenvalue weighted by molar-refractivity contribution is 5.95. The standard InChI is InChI=1S/C15H20O2/c1-11(13-7-9-17-10-8-13)14-5-3-4-6-15(14)12(2)16/h3-6,11,13H,7-10H2,1-2H3. The number of Topliss-reactive ketones (excluding diaryl/α,β-unsaturated/α-hetero) is 1. The van der Waals surface area contributed by atoms with Crippen LogP contribution in [-0.4, -0.2) is 19.0 Å². The van der Waals surface area contributed by atoms with Crippen molar-refractivity contribution in [2.24, 2.45) is 5.92 Å². The fourth-order valence-corrected chi connectivity index (χ4v) is 2.68. The second-order valence-electron chi connectivity index (χ2n) is 4.88. The molecule has 1 atom stereocenters. The van der Waals surface area contributed by atoms with E-state index in [1.54, 1.807) is 6.92 Å². The predicted octanol–water partition coefficient (Wildman–Crippen LogP) is 3.42. The van der Waals surface area contributed by atoms with Gasteiger partial charge in [0.25, 0.3) is 0 Å². The van der Waals surface area contributed by atoms with E-state index in [0.29, 0.717) is 11.8 Å². The summed E-state index contributed by atoms with van der Waals surface area (Å²) >= 11 is 0. The molecular formula is C15H20O2. The van der Waals surface area contributed by atoms with Gasteiger partial charge in [-0.25, -0.2) is 0 Å². The van der Waals surface area contributed by atoms with Gasteiger partial charge in [0.1, 0.15) is 0 Å². The molecule has 0 bridgehead atoms. The van der Waals surface area contributed by atoms with Gasteiger partial charge >= 0.3 is 0 Å². The van der Waals surface area contributed by atoms with E-state index >= 15 is 0 Å². The minimum absolute atomic E-state index is 0.166. The Balaban J connectivity index is 2.23. The summed E-state index contributed by atoms with van der Waals surface area (Å²) in [5, 5.41) is 0. The maximum absolute atomic E-state index is 11.6. The highest BCUT2D eigenvalue weighted by Crippen LogP contribution is 2.33. The lowest BCUT2D eigenvalue weighted by Crippen LogP contribution is -2.21. The fourth-order valence-electron chi connectivity index (χ4n) is 2.68. The summed E-state index contributed by atoms with van der Waals surface area (Å²) in [5.41, 5.74) is 2.08. The van der Waals surface area contributed by atoms with Gasteiger partial charge < -0.3 is 4.74 Å². The van der Waals surface area contributed by atoms with E-state index in [1.165, 1.54) is 5.56 Å². The van der Waals surface area contributed by atoms with Crippen molar-refractivity contribution in [2.75, 3.05) is 13.2 Å². The van der Waals surface area contributed by atoms with Crippen molar-refractivity contribution in [3.63, 3.8) is 0 Å². The molecule has 92 valence electrons. The molecule has 0 radical (unpaired) electrons. The lowest BCUT2D eigenvalue weighted by Gasteiger charge is -2.29. The van der Waals surface area contributed by atoms with Crippen LogP contribution in [0, 0.1) is 5.92 Å². The van der Waals surface area contributed by atoms with E-state index < -0.39 is 0 Å². The Morgan fingerprint density at radius 1 is 1.29 bits per heavy atom. The van der Waals surface area contributed by atoms with Gasteiger partial charge in [-0.3, -0.25) is 4.79 Å². The van der Waals surface area contributed by atoms with E-state index in [1.807, 2.05) is 18.2 Å². The number of hydrogen-bond acceptors (Lipinski definition) is 2. The summed E-state index contributed by atoms with van der Waals surface area (Å²) in [5.74, 6) is 1.25. The second-order valence-corrected chi connectivity index (χ2v) is 4.88. The first-order chi connectivity index (χ1) is 8.20. The van der Waals surface area contributed by atoms with E-state index in [4.69, 9.17) is 4.74 Å². The van der Waals surface area contributed by atoms with E-state index in [0.717, 1.165) is 31.6 Å². The van der Waals surface area contributed by atoms with Crippen LogP contribution in [0.25, 0.3) is 0 Å². The molecule has 17 heavy (non-hydrogen) atoms. The molecule has 1 aromatic rings. The van der Waals surface area contributed by atoms with Gasteiger partial charge in [-0.2, -0.15) is 0 Å². The van der Waals surface area contributed by atoms with Crippen LogP contribution in [0.5, 0.6) is 0 Å². The quantitative estimate of drug-likeness (QED) is 0.746. The van der Waals surface area contributed by atoms with Crippen LogP contribution in [0.2, 0.25) is 0 Å². The van der Waals surface area contributed by atoms with Crippen molar-refractivity contribution in [1.82, 2.24) is 0 Å². The first kappa shape index (κ1) is 12.3. The Morgan fingerprint density at radius 2 is 1.94 bits per heavy atom. The fraction of sp³-hybridized carbons (Fsp3) is 0.533. The van der Waals surface area contributed by atoms with Gasteiger partial charge in [-0.1, -0.05) is 31.2 Å². The van der Waals surface area contributed by atoms with Gasteiger partial charge in [0.15, 0.2) is 5.78 Å². The van der Waals surface area contributed by atoms with Crippen LogP contribution < -0.4 is 0 Å². The van der Waals surface area contributed by atoms with E-state index in [2.05, 4.69) is 13.0 Å². The Bertz CT molecular complexity index is 392. The van der Waals surface area contributed by atoms with Crippen LogP contribution in [0.3, 0.4) is 0 Å². The summed E-state index contributed by atoms with van der Waals surface area (Å²) in [4.78, 5) is 11.6. The van der Waals surface area contributed by atoms with Crippen LogP contribution in [-0.2, 0) is 4.74 Å². The number of rotatable bonds is 3. The highest BCUT2D eigenvalue weighted by atomic mass is 16.5. The third kappa shape index (κ3) is 2.75. The molecule has 2 heteroatoms. The van der Waals surface area contributed by atoms with Crippen LogP contribution in [0.15, 0.2) is 24.3 Å². The SMILES string of the molecule is CC(=O)c1ccccc1C(C)C1CCOCC1. The number of hydrogen-bond donors (Lipinski definition) is 0. The first-order valence-corrected chi connectivity index (χ1v) is 6.37. The smallest absolute Gasteiger partial charge is 0.160 e. The maximum Gasteiger partial charge on any atom is 0.160 e. The molecule has 1 fully saturated rings. The zero-order valence-electron chi connectivity index (χ0n) is 10.6. The normalized spacial score (nSPS) is 18.9. The van der Waals surface area contributed by atoms with Crippen molar-refractivity contribution < 1.29 is 9.53 Å². The molecular weight excluding hydrogens is 212 g/mol. The Hall–Kier alpha value is -1.15. The van der Waals surface area contributed by atoms with Gasteiger partial charge in [0, 0.05) is 18.8 Å². The van der Waals surface area contributed by atoms with Gasteiger partial charge in [-0.15, -0.1) is 0 Å². The summed E-state index contributed by atoms with van der Waals surface area (Å²) in [6, 6.07) is 8.00. The molecule has 0 saturated carbocycles. The summed E-state index contributed by atoms with van der Waals surface area (Å²) < 4.78 is 5.40. The molecule has 0 aromatic heterocycles. The number of carbonyl (C=O) groups excluding carboxylic acids is 1. The minimum atomic E-state index is 0.166. The molecule has 1 aliphatic heterocycles. The lowest BCUT2D eigenvalue weighted by atomic mass is 9.80. The molecule has 1 aromatic carbocycles. The average Bonchev–Trinajstić information content (AvgIpc) is 2.39. The van der Waals surface area contributed by atoms with Crippen LogP contribution >= 0.6 is 0 Å². The number of ketones is 1. The van der Waals surface area contributed by atoms with Crippen LogP contribution in [0.1, 0.15) is 48.5 Å². The maximum atomic E-state index is 11.6. The molecule has 1 unspecified atom stereocenters. The highest BCUT2D eigenvalue weighted by Gasteiger charge is 2.24. The number of benzene rings is 1. The van der Waals surface area contributed by atoms with Crippen LogP contribution in [0.4, 0.5) is 0 Å². The summed E-state index contributed by atoms with van der Waals surface area (Å²) in [7, 11) is 0. The van der Waals surface area contributed by atoms with Crippen molar-refractivity contribution in [3.05, 3.63) is 35.4 Å². The molecule has 1 heterocycles. The van der Waals surface area contributed by atoms with Gasteiger partial charge in [-0.05, 0) is 37.2 Å². The zero-order valence-corrected chi connectivity index (χ0v) is 10.6. The minimum Gasteiger partial charge on any atom is -0.381 e. The Morgan fingerprint density at radius 3 is 2.59 bits per heavy atom. The Labute approximate surface area is 103 Å². The first-order valence-electron chi connectivity index (χ1n) is 6.37. The molecule has 2 rings (SSSR count). The zero-order chi connectivity index (χ0) is 12.3. The lowest BCUT2D eigenvalue weighted by molar-refractivity contribution is 0.0595. The molecule has 0 amide bonds. The predicted molar refractivity (Wildman–Crippen MR) is 68.4 cm³/mol. The summed E-state index contributed by atoms with van der Waals surface area (Å²) in [6.07, 6.45) is 2.21. The van der Waals surface area contributed by atoms with Gasteiger partial charge in [0.2, 0.25) is 0 Å². The topological polar surface area (TPSA) is 26.3 Å². The Kier molecular flexibility index (Phi) is 3.95. The van der Waals surface area contributed by atoms with Crippen molar-refractivity contribution >= 4 is 5.78 Å². The molecule has 2 nitrogen and oxygen atoms in total. The summed E-state index contributed by atoms with van der Waals surface area (Å²) in [6.45, 7) is 5.60. The van der Waals surface area contributed by atoms with Crippen molar-refractivity contribution in [3.8, 4) is 0 Å². The average molecular weight is 232 g/mol. The molecule has 0 spiro atoms. The third-order valence-electron chi connectivity index (χ3n) is 3.80. The number of ether oxygens (including phenoxy) is 1. The molecule has 1 saturated heterocycles. The third-order valence-corrected chi connectivity index (χ3v) is 3.80. The van der Waals surface area contributed by atoms with Crippen molar-refractivity contribution in [1.29, 1.82) is 0 Å². The number of carbonyl (C=O) groups is 1.